The smallest absolute Gasteiger partial charge is 0.320 e. The van der Waals surface area contributed by atoms with E-state index in [0.717, 1.165) is 0 Å². The van der Waals surface area contributed by atoms with E-state index in [4.69, 9.17) is 9.15 Å². The lowest BCUT2D eigenvalue weighted by atomic mass is 10.3. The summed E-state index contributed by atoms with van der Waals surface area (Å²) in [6.07, 6.45) is 0. The number of nitrogens with one attached hydrogen (secondary N) is 2. The fraction of sp³-hybridized carbons (Fsp3) is 0.333. The van der Waals surface area contributed by atoms with Crippen LogP contribution in [-0.4, -0.2) is 30.5 Å². The molecule has 7 heteroatoms. The number of anilines is 2. The molecule has 0 amide bonds. The van der Waals surface area contributed by atoms with Crippen molar-refractivity contribution >= 4 is 11.7 Å². The van der Waals surface area contributed by atoms with E-state index >= 15 is 0 Å². The van der Waals surface area contributed by atoms with Gasteiger partial charge in [0.05, 0.1) is 13.2 Å². The Hall–Kier alpha value is -1.99. The first-order chi connectivity index (χ1) is 9.28. The first-order valence-corrected chi connectivity index (χ1v) is 5.82. The van der Waals surface area contributed by atoms with E-state index in [-0.39, 0.29) is 11.8 Å². The lowest BCUT2D eigenvalue weighted by Crippen LogP contribution is -2.18. The Labute approximate surface area is 110 Å². The predicted molar refractivity (Wildman–Crippen MR) is 67.6 cm³/mol. The number of aromatic nitrogens is 2. The van der Waals surface area contributed by atoms with E-state index in [1.165, 1.54) is 12.1 Å². The van der Waals surface area contributed by atoms with Crippen molar-refractivity contribution in [1.29, 1.82) is 0 Å². The molecule has 0 saturated carbocycles. The van der Waals surface area contributed by atoms with Crippen molar-refractivity contribution in [2.24, 2.45) is 0 Å². The molecule has 0 fully saturated rings. The molecule has 0 saturated heterocycles. The Morgan fingerprint density at radius 1 is 1.37 bits per heavy atom. The number of hydrogen-bond donors (Lipinski definition) is 2. The summed E-state index contributed by atoms with van der Waals surface area (Å²) in [6.45, 7) is 1.77. The molecular formula is C12H15FN4O2. The van der Waals surface area contributed by atoms with Crippen LogP contribution in [0.2, 0.25) is 0 Å². The van der Waals surface area contributed by atoms with Crippen molar-refractivity contribution in [2.45, 2.75) is 6.54 Å². The van der Waals surface area contributed by atoms with Crippen molar-refractivity contribution in [3.05, 3.63) is 36.0 Å². The maximum Gasteiger partial charge on any atom is 0.320 e. The van der Waals surface area contributed by atoms with Gasteiger partial charge in [0.1, 0.15) is 5.82 Å². The molecule has 0 spiro atoms. The number of benzene rings is 1. The minimum absolute atomic E-state index is 0.231. The molecule has 19 heavy (non-hydrogen) atoms. The largest absolute Gasteiger partial charge is 0.406 e. The van der Waals surface area contributed by atoms with Gasteiger partial charge in [-0.1, -0.05) is 11.2 Å². The monoisotopic (exact) mass is 266 g/mol. The third kappa shape index (κ3) is 4.31. The lowest BCUT2D eigenvalue weighted by molar-refractivity contribution is 0.198. The molecule has 0 unspecified atom stereocenters. The number of methoxy groups -OCH3 is 1. The number of ether oxygens (including phenoxy) is 1. The van der Waals surface area contributed by atoms with E-state index in [1.807, 2.05) is 0 Å². The quantitative estimate of drug-likeness (QED) is 0.743. The molecule has 102 valence electrons. The molecule has 0 radical (unpaired) electrons. The maximum atomic E-state index is 13.0. The second-order valence-electron chi connectivity index (χ2n) is 3.81. The van der Waals surface area contributed by atoms with Gasteiger partial charge in [-0.3, -0.25) is 0 Å². The third-order valence-corrected chi connectivity index (χ3v) is 2.30. The van der Waals surface area contributed by atoms with Gasteiger partial charge in [-0.05, 0) is 18.2 Å². The molecule has 2 rings (SSSR count). The minimum atomic E-state index is -0.328. The average molecular weight is 266 g/mol. The van der Waals surface area contributed by atoms with Crippen LogP contribution in [0.1, 0.15) is 5.89 Å². The molecule has 6 nitrogen and oxygen atoms in total. The summed E-state index contributed by atoms with van der Waals surface area (Å²) in [5, 5.41) is 13.6. The number of rotatable bonds is 7. The predicted octanol–water partition coefficient (Wildman–Crippen LogP) is 1.69. The highest BCUT2D eigenvalue weighted by Gasteiger charge is 2.06. The second-order valence-corrected chi connectivity index (χ2v) is 3.81. The Morgan fingerprint density at radius 2 is 2.26 bits per heavy atom. The summed E-state index contributed by atoms with van der Waals surface area (Å²) in [6, 6.07) is 6.25. The van der Waals surface area contributed by atoms with Gasteiger partial charge in [-0.15, -0.1) is 5.10 Å². The summed E-state index contributed by atoms with van der Waals surface area (Å²) >= 11 is 0. The van der Waals surface area contributed by atoms with Crippen molar-refractivity contribution < 1.29 is 13.5 Å². The fourth-order valence-corrected chi connectivity index (χ4v) is 1.43. The van der Waals surface area contributed by atoms with Crippen LogP contribution in [0.3, 0.4) is 0 Å². The highest BCUT2D eigenvalue weighted by Crippen LogP contribution is 2.15. The molecule has 0 bridgehead atoms. The van der Waals surface area contributed by atoms with Crippen LogP contribution in [-0.2, 0) is 11.3 Å². The number of hydrogen-bond acceptors (Lipinski definition) is 6. The maximum absolute atomic E-state index is 13.0. The zero-order valence-electron chi connectivity index (χ0n) is 10.5. The van der Waals surface area contributed by atoms with E-state index in [2.05, 4.69) is 20.8 Å². The topological polar surface area (TPSA) is 72.2 Å². The normalized spacial score (nSPS) is 10.6. The molecule has 2 N–H and O–H groups in total. The van der Waals surface area contributed by atoms with Crippen LogP contribution in [0, 0.1) is 5.82 Å². The van der Waals surface area contributed by atoms with Crippen LogP contribution in [0.4, 0.5) is 16.1 Å². The van der Waals surface area contributed by atoms with Crippen molar-refractivity contribution in [3.8, 4) is 0 Å². The molecule has 1 aromatic carbocycles. The summed E-state index contributed by atoms with van der Waals surface area (Å²) in [5.41, 5.74) is 0.558. The van der Waals surface area contributed by atoms with E-state index in [1.54, 1.807) is 19.2 Å². The molecule has 1 heterocycles. The summed E-state index contributed by atoms with van der Waals surface area (Å²) in [5.74, 6) is 0.126. The van der Waals surface area contributed by atoms with E-state index in [9.17, 15) is 4.39 Å². The van der Waals surface area contributed by atoms with Crippen LogP contribution in [0.5, 0.6) is 0 Å². The molecule has 0 aliphatic carbocycles. The highest BCUT2D eigenvalue weighted by atomic mass is 19.1. The molecule has 2 aromatic rings. The van der Waals surface area contributed by atoms with Gasteiger partial charge in [-0.2, -0.15) is 0 Å². The standard InChI is InChI=1S/C12H15FN4O2/c1-18-6-5-14-8-11-16-17-12(19-11)15-10-4-2-3-9(13)7-10/h2-4,7,14H,5-6,8H2,1H3,(H,15,17). The van der Waals surface area contributed by atoms with Gasteiger partial charge in [0.2, 0.25) is 5.89 Å². The van der Waals surface area contributed by atoms with Crippen LogP contribution in [0.25, 0.3) is 0 Å². The van der Waals surface area contributed by atoms with Gasteiger partial charge in [-0.25, -0.2) is 4.39 Å². The van der Waals surface area contributed by atoms with E-state index in [0.29, 0.717) is 31.3 Å². The molecule has 0 atom stereocenters. The van der Waals surface area contributed by atoms with E-state index < -0.39 is 0 Å². The summed E-state index contributed by atoms with van der Waals surface area (Å²) in [7, 11) is 1.63. The lowest BCUT2D eigenvalue weighted by Gasteiger charge is -2.01. The third-order valence-electron chi connectivity index (χ3n) is 2.30. The van der Waals surface area contributed by atoms with Gasteiger partial charge in [0, 0.05) is 19.3 Å². The molecule has 0 aliphatic rings. The van der Waals surface area contributed by atoms with Gasteiger partial charge in [0.15, 0.2) is 0 Å². The zero-order chi connectivity index (χ0) is 13.5. The van der Waals surface area contributed by atoms with Crippen molar-refractivity contribution in [2.75, 3.05) is 25.6 Å². The zero-order valence-corrected chi connectivity index (χ0v) is 10.5. The molecule has 0 aliphatic heterocycles. The first-order valence-electron chi connectivity index (χ1n) is 5.82. The Kier molecular flexibility index (Phi) is 4.82. The van der Waals surface area contributed by atoms with Gasteiger partial charge >= 0.3 is 6.01 Å². The number of halogens is 1. The fourth-order valence-electron chi connectivity index (χ4n) is 1.43. The second kappa shape index (κ2) is 6.81. The van der Waals surface area contributed by atoms with Crippen LogP contribution >= 0.6 is 0 Å². The Bertz CT molecular complexity index is 518. The summed E-state index contributed by atoms with van der Waals surface area (Å²) in [4.78, 5) is 0. The van der Waals surface area contributed by atoms with Crippen molar-refractivity contribution in [1.82, 2.24) is 15.5 Å². The highest BCUT2D eigenvalue weighted by molar-refractivity contribution is 5.51. The Balaban J connectivity index is 1.87. The molecular weight excluding hydrogens is 251 g/mol. The van der Waals surface area contributed by atoms with Gasteiger partial charge in [0.25, 0.3) is 0 Å². The van der Waals surface area contributed by atoms with Crippen molar-refractivity contribution in [3.63, 3.8) is 0 Å². The summed E-state index contributed by atoms with van der Waals surface area (Å²) < 4.78 is 23.2. The SMILES string of the molecule is COCCNCc1nnc(Nc2cccc(F)c2)o1. The Morgan fingerprint density at radius 3 is 3.05 bits per heavy atom. The van der Waals surface area contributed by atoms with Gasteiger partial charge < -0.3 is 19.8 Å². The average Bonchev–Trinajstić information content (AvgIpc) is 2.82. The van der Waals surface area contributed by atoms with Crippen LogP contribution in [0.15, 0.2) is 28.7 Å². The minimum Gasteiger partial charge on any atom is -0.406 e. The molecule has 1 aromatic heterocycles. The number of nitrogens with zero attached hydrogens (tertiary/aromatic N) is 2. The van der Waals surface area contributed by atoms with Crippen LogP contribution < -0.4 is 10.6 Å². The first kappa shape index (κ1) is 13.4.